The summed E-state index contributed by atoms with van der Waals surface area (Å²) in [6.07, 6.45) is 11.3. The fraction of sp³-hybridized carbons (Fsp3) is 0.531. The first-order valence-corrected chi connectivity index (χ1v) is 15.1. The molecule has 1 aromatic carbocycles. The maximum absolute atomic E-state index is 14.4. The van der Waals surface area contributed by atoms with Crippen molar-refractivity contribution < 1.29 is 14.0 Å². The van der Waals surface area contributed by atoms with Gasteiger partial charge >= 0.3 is 0 Å². The molecule has 3 aliphatic heterocycles. The van der Waals surface area contributed by atoms with Crippen molar-refractivity contribution in [3.8, 4) is 5.69 Å². The number of carbonyl (C=O) groups excluding carboxylic acids is 2. The zero-order valence-electron chi connectivity index (χ0n) is 24.4. The molecule has 3 aromatic rings. The highest BCUT2D eigenvalue weighted by Crippen LogP contribution is 2.34. The van der Waals surface area contributed by atoms with Crippen molar-refractivity contribution in [2.75, 3.05) is 33.2 Å². The lowest BCUT2D eigenvalue weighted by molar-refractivity contribution is -0.137. The minimum Gasteiger partial charge on any atom is -0.340 e. The number of nitrogens with zero attached hydrogens (tertiary/aromatic N) is 5. The van der Waals surface area contributed by atoms with E-state index in [1.165, 1.54) is 37.8 Å². The lowest BCUT2D eigenvalue weighted by atomic mass is 9.76. The molecular formula is C32H41FN6O2. The molecule has 3 saturated heterocycles. The van der Waals surface area contributed by atoms with E-state index in [4.69, 9.17) is 0 Å². The zero-order chi connectivity index (χ0) is 28.7. The first-order valence-electron chi connectivity index (χ1n) is 15.1. The number of rotatable bonds is 6. The molecule has 5 heterocycles. The number of halogens is 1. The van der Waals surface area contributed by atoms with Crippen molar-refractivity contribution in [1.29, 1.82) is 0 Å². The molecule has 9 heteroatoms. The van der Waals surface area contributed by atoms with Crippen molar-refractivity contribution >= 4 is 22.7 Å². The molecule has 1 N–H and O–H groups in total. The third-order valence-electron chi connectivity index (χ3n) is 9.45. The van der Waals surface area contributed by atoms with Gasteiger partial charge in [0.05, 0.1) is 29.0 Å². The second-order valence-electron chi connectivity index (χ2n) is 12.3. The van der Waals surface area contributed by atoms with E-state index in [0.717, 1.165) is 55.6 Å². The Morgan fingerprint density at radius 3 is 2.63 bits per heavy atom. The number of piperidine rings is 2. The molecule has 7 rings (SSSR count). The van der Waals surface area contributed by atoms with Gasteiger partial charge in [-0.15, -0.1) is 0 Å². The smallest absolute Gasteiger partial charge is 0.256 e. The Hall–Kier alpha value is -3.30. The lowest BCUT2D eigenvalue weighted by Gasteiger charge is -2.44. The SMILES string of the molecule is CC(C)N(C)C(=O)c1cc(F)ccc1-n1cc(CN2CCCN(C(=O)[C@@H]3NC4CCC3CC4)CC2)c2ccncc21. The molecule has 1 aliphatic carbocycles. The number of nitrogens with one attached hydrogen (secondary N) is 1. The number of amides is 2. The Bertz CT molecular complexity index is 1430. The summed E-state index contributed by atoms with van der Waals surface area (Å²) in [5.41, 5.74) is 2.95. The van der Waals surface area contributed by atoms with Crippen LogP contribution in [0.2, 0.25) is 0 Å². The molecule has 1 saturated carbocycles. The van der Waals surface area contributed by atoms with Crippen LogP contribution in [0.4, 0.5) is 4.39 Å². The van der Waals surface area contributed by atoms with Crippen molar-refractivity contribution in [2.45, 2.75) is 70.6 Å². The standard InChI is InChI=1S/C32H41FN6O2/c1-21(2)36(3)31(40)27-17-24(33)7-10-28(27)39-20-23(26-11-12-34-18-29(26)39)19-37-13-4-14-38(16-15-37)32(41)30-22-5-8-25(35-30)9-6-22/h7,10-12,17-18,20-22,25,30,35H,4-6,8-9,13-16,19H2,1-3H3/t22?,25?,30-/m1/s1. The Morgan fingerprint density at radius 1 is 1.10 bits per heavy atom. The summed E-state index contributed by atoms with van der Waals surface area (Å²) in [4.78, 5) is 37.3. The quantitative estimate of drug-likeness (QED) is 0.489. The number of carbonyl (C=O) groups is 2. The molecule has 1 atom stereocenters. The molecule has 218 valence electrons. The highest BCUT2D eigenvalue weighted by molar-refractivity contribution is 5.99. The zero-order valence-corrected chi connectivity index (χ0v) is 24.4. The van der Waals surface area contributed by atoms with Gasteiger partial charge in [0.2, 0.25) is 5.91 Å². The summed E-state index contributed by atoms with van der Waals surface area (Å²) in [5, 5.41) is 4.68. The van der Waals surface area contributed by atoms with Gasteiger partial charge in [0.15, 0.2) is 0 Å². The van der Waals surface area contributed by atoms with Crippen molar-refractivity contribution in [1.82, 2.24) is 29.6 Å². The first kappa shape index (κ1) is 27.8. The molecule has 4 fully saturated rings. The van der Waals surface area contributed by atoms with E-state index >= 15 is 0 Å². The van der Waals surface area contributed by atoms with Gasteiger partial charge in [-0.25, -0.2) is 4.39 Å². The fourth-order valence-corrected chi connectivity index (χ4v) is 6.85. The molecule has 41 heavy (non-hydrogen) atoms. The van der Waals surface area contributed by atoms with Crippen LogP contribution in [-0.4, -0.2) is 87.4 Å². The van der Waals surface area contributed by atoms with E-state index in [1.807, 2.05) is 24.5 Å². The lowest BCUT2D eigenvalue weighted by Crippen LogP contribution is -2.59. The van der Waals surface area contributed by atoms with Gasteiger partial charge in [0.25, 0.3) is 5.91 Å². The number of pyridine rings is 1. The summed E-state index contributed by atoms with van der Waals surface area (Å²) in [6, 6.07) is 6.88. The summed E-state index contributed by atoms with van der Waals surface area (Å²) in [6.45, 7) is 7.84. The topological polar surface area (TPSA) is 73.7 Å². The van der Waals surface area contributed by atoms with E-state index in [-0.39, 0.29) is 23.9 Å². The van der Waals surface area contributed by atoms with E-state index < -0.39 is 5.82 Å². The maximum Gasteiger partial charge on any atom is 0.256 e. The van der Waals surface area contributed by atoms with Crippen LogP contribution in [0, 0.1) is 11.7 Å². The summed E-state index contributed by atoms with van der Waals surface area (Å²) >= 11 is 0. The van der Waals surface area contributed by atoms with Crippen LogP contribution in [0.15, 0.2) is 42.9 Å². The summed E-state index contributed by atoms with van der Waals surface area (Å²) in [7, 11) is 1.74. The molecule has 4 aliphatic rings. The van der Waals surface area contributed by atoms with Crippen molar-refractivity contribution in [2.24, 2.45) is 5.92 Å². The van der Waals surface area contributed by atoms with Crippen LogP contribution < -0.4 is 5.32 Å². The largest absolute Gasteiger partial charge is 0.340 e. The van der Waals surface area contributed by atoms with Crippen LogP contribution in [-0.2, 0) is 11.3 Å². The molecule has 0 spiro atoms. The average Bonchev–Trinajstić information content (AvgIpc) is 3.18. The number of hydrogen-bond acceptors (Lipinski definition) is 5. The van der Waals surface area contributed by atoms with E-state index in [1.54, 1.807) is 30.4 Å². The van der Waals surface area contributed by atoms with E-state index in [9.17, 15) is 14.0 Å². The molecular weight excluding hydrogens is 519 g/mol. The Balaban J connectivity index is 1.23. The molecule has 8 nitrogen and oxygen atoms in total. The Kier molecular flexibility index (Phi) is 7.83. The molecule has 2 bridgehead atoms. The predicted molar refractivity (Wildman–Crippen MR) is 157 cm³/mol. The van der Waals surface area contributed by atoms with E-state index in [2.05, 4.69) is 26.3 Å². The van der Waals surface area contributed by atoms with Gasteiger partial charge in [-0.2, -0.15) is 0 Å². The van der Waals surface area contributed by atoms with Crippen LogP contribution in [0.25, 0.3) is 16.6 Å². The van der Waals surface area contributed by atoms with Crippen LogP contribution in [0.5, 0.6) is 0 Å². The minimum absolute atomic E-state index is 0.0121. The van der Waals surface area contributed by atoms with Gasteiger partial charge < -0.3 is 19.7 Å². The third kappa shape index (κ3) is 5.49. The van der Waals surface area contributed by atoms with Crippen LogP contribution in [0.3, 0.4) is 0 Å². The van der Waals surface area contributed by atoms with Crippen LogP contribution in [0.1, 0.15) is 61.9 Å². The van der Waals surface area contributed by atoms with Gasteiger partial charge in [0.1, 0.15) is 5.82 Å². The van der Waals surface area contributed by atoms with Gasteiger partial charge in [-0.1, -0.05) is 0 Å². The number of aromatic nitrogens is 2. The van der Waals surface area contributed by atoms with Crippen molar-refractivity contribution in [3.63, 3.8) is 0 Å². The highest BCUT2D eigenvalue weighted by atomic mass is 19.1. The molecule has 2 amide bonds. The molecule has 0 unspecified atom stereocenters. The van der Waals surface area contributed by atoms with Gasteiger partial charge in [-0.05, 0) is 81.7 Å². The second-order valence-corrected chi connectivity index (χ2v) is 12.3. The fourth-order valence-electron chi connectivity index (χ4n) is 6.85. The molecule has 2 aromatic heterocycles. The molecule has 0 radical (unpaired) electrons. The van der Waals surface area contributed by atoms with Gasteiger partial charge in [-0.3, -0.25) is 19.5 Å². The maximum atomic E-state index is 14.4. The second kappa shape index (κ2) is 11.5. The third-order valence-corrected chi connectivity index (χ3v) is 9.45. The minimum atomic E-state index is -0.441. The van der Waals surface area contributed by atoms with E-state index in [0.29, 0.717) is 23.2 Å². The monoisotopic (exact) mass is 560 g/mol. The summed E-state index contributed by atoms with van der Waals surface area (Å²) < 4.78 is 16.3. The Labute approximate surface area is 241 Å². The number of fused-ring (bicyclic) bond motifs is 4. The van der Waals surface area contributed by atoms with Crippen molar-refractivity contribution in [3.05, 3.63) is 59.8 Å². The normalized spacial score (nSPS) is 23.2. The Morgan fingerprint density at radius 2 is 1.90 bits per heavy atom. The average molecular weight is 561 g/mol. The highest BCUT2D eigenvalue weighted by Gasteiger charge is 2.40. The summed E-state index contributed by atoms with van der Waals surface area (Å²) in [5.74, 6) is 0.0997. The van der Waals surface area contributed by atoms with Gasteiger partial charge in [0, 0.05) is 69.6 Å². The van der Waals surface area contributed by atoms with Crippen LogP contribution >= 0.6 is 0 Å². The number of hydrogen-bond donors (Lipinski definition) is 1. The first-order chi connectivity index (χ1) is 19.8. The predicted octanol–water partition coefficient (Wildman–Crippen LogP) is 4.21. The number of benzene rings is 1.